The Balaban J connectivity index is 2.41. The molecule has 0 radical (unpaired) electrons. The van der Waals surface area contributed by atoms with Crippen LogP contribution in [-0.4, -0.2) is 50.2 Å². The Labute approximate surface area is 124 Å². The molecule has 1 amide bonds. The number of amides is 1. The molecule has 1 heterocycles. The van der Waals surface area contributed by atoms with E-state index in [0.717, 1.165) is 38.6 Å². The van der Waals surface area contributed by atoms with Gasteiger partial charge >= 0.3 is 0 Å². The van der Waals surface area contributed by atoms with Gasteiger partial charge in [-0.25, -0.2) is 0 Å². The van der Waals surface area contributed by atoms with Gasteiger partial charge in [0, 0.05) is 38.8 Å². The van der Waals surface area contributed by atoms with Gasteiger partial charge in [-0.3, -0.25) is 4.79 Å². The lowest BCUT2D eigenvalue weighted by atomic mass is 10.0. The van der Waals surface area contributed by atoms with Crippen LogP contribution in [0.15, 0.2) is 0 Å². The van der Waals surface area contributed by atoms with Crippen LogP contribution < -0.4 is 5.32 Å². The Morgan fingerprint density at radius 1 is 1.35 bits per heavy atom. The summed E-state index contributed by atoms with van der Waals surface area (Å²) < 4.78 is 5.16. The van der Waals surface area contributed by atoms with Crippen molar-refractivity contribution in [2.24, 2.45) is 17.8 Å². The highest BCUT2D eigenvalue weighted by atomic mass is 16.5. The van der Waals surface area contributed by atoms with Crippen molar-refractivity contribution in [1.29, 1.82) is 0 Å². The summed E-state index contributed by atoms with van der Waals surface area (Å²) in [5.74, 6) is 1.45. The Morgan fingerprint density at radius 2 is 2.05 bits per heavy atom. The minimum absolute atomic E-state index is 0.0595. The lowest BCUT2D eigenvalue weighted by Gasteiger charge is -2.28. The molecule has 118 valence electrons. The van der Waals surface area contributed by atoms with E-state index in [4.69, 9.17) is 4.74 Å². The summed E-state index contributed by atoms with van der Waals surface area (Å²) in [6, 6.07) is 0.256. The fourth-order valence-electron chi connectivity index (χ4n) is 2.65. The maximum Gasteiger partial charge on any atom is 0.222 e. The molecular weight excluding hydrogens is 252 g/mol. The molecular formula is C16H32N2O2. The zero-order valence-electron chi connectivity index (χ0n) is 13.8. The highest BCUT2D eigenvalue weighted by Gasteiger charge is 2.26. The summed E-state index contributed by atoms with van der Waals surface area (Å²) >= 11 is 0. The van der Waals surface area contributed by atoms with Gasteiger partial charge in [0.2, 0.25) is 5.91 Å². The second kappa shape index (κ2) is 8.63. The first-order valence-corrected chi connectivity index (χ1v) is 7.95. The van der Waals surface area contributed by atoms with E-state index in [-0.39, 0.29) is 17.9 Å². The first kappa shape index (κ1) is 17.4. The fraction of sp³-hybridized carbons (Fsp3) is 0.938. The standard InChI is InChI=1S/C16H32N2O2/c1-12(2)15(17-16(19)13(3)4)11-18-8-6-14(10-18)7-9-20-5/h12-15H,6-11H2,1-5H3,(H,17,19). The second-order valence-electron chi connectivity index (χ2n) is 6.71. The summed E-state index contributed by atoms with van der Waals surface area (Å²) in [5, 5.41) is 3.20. The third kappa shape index (κ3) is 5.80. The van der Waals surface area contributed by atoms with Gasteiger partial charge in [-0.05, 0) is 31.2 Å². The molecule has 1 fully saturated rings. The summed E-state index contributed by atoms with van der Waals surface area (Å²) in [4.78, 5) is 14.4. The number of hydrogen-bond acceptors (Lipinski definition) is 3. The Hall–Kier alpha value is -0.610. The van der Waals surface area contributed by atoms with Crippen LogP contribution in [0.1, 0.15) is 40.5 Å². The van der Waals surface area contributed by atoms with Crippen LogP contribution in [0, 0.1) is 17.8 Å². The number of nitrogens with one attached hydrogen (secondary N) is 1. The topological polar surface area (TPSA) is 41.6 Å². The van der Waals surface area contributed by atoms with E-state index in [2.05, 4.69) is 24.1 Å². The normalized spacial score (nSPS) is 21.6. The number of carbonyl (C=O) groups excluding carboxylic acids is 1. The van der Waals surface area contributed by atoms with Gasteiger partial charge in [0.1, 0.15) is 0 Å². The summed E-state index contributed by atoms with van der Waals surface area (Å²) in [7, 11) is 1.77. The molecule has 0 spiro atoms. The predicted octanol–water partition coefficient (Wildman–Crippen LogP) is 2.14. The number of carbonyl (C=O) groups is 1. The van der Waals surface area contributed by atoms with E-state index in [1.165, 1.54) is 6.42 Å². The number of hydrogen-bond donors (Lipinski definition) is 1. The van der Waals surface area contributed by atoms with Crippen molar-refractivity contribution in [3.05, 3.63) is 0 Å². The molecule has 0 saturated carbocycles. The molecule has 1 aliphatic rings. The summed E-state index contributed by atoms with van der Waals surface area (Å²) in [6.45, 7) is 12.4. The van der Waals surface area contributed by atoms with Crippen molar-refractivity contribution in [3.63, 3.8) is 0 Å². The van der Waals surface area contributed by atoms with Crippen LogP contribution in [0.2, 0.25) is 0 Å². The number of rotatable bonds is 8. The van der Waals surface area contributed by atoms with Crippen LogP contribution >= 0.6 is 0 Å². The van der Waals surface area contributed by atoms with E-state index in [0.29, 0.717) is 5.92 Å². The molecule has 0 aromatic rings. The molecule has 1 N–H and O–H groups in total. The lowest BCUT2D eigenvalue weighted by Crippen LogP contribution is -2.47. The van der Waals surface area contributed by atoms with Crippen molar-refractivity contribution >= 4 is 5.91 Å². The molecule has 0 aromatic carbocycles. The summed E-state index contributed by atoms with van der Waals surface area (Å²) in [5.41, 5.74) is 0. The van der Waals surface area contributed by atoms with E-state index < -0.39 is 0 Å². The van der Waals surface area contributed by atoms with Gasteiger partial charge in [-0.2, -0.15) is 0 Å². The van der Waals surface area contributed by atoms with Gasteiger partial charge in [-0.15, -0.1) is 0 Å². The molecule has 4 heteroatoms. The highest BCUT2D eigenvalue weighted by molar-refractivity contribution is 5.78. The Bertz CT molecular complexity index is 292. The van der Waals surface area contributed by atoms with E-state index in [1.54, 1.807) is 7.11 Å². The highest BCUT2D eigenvalue weighted by Crippen LogP contribution is 2.20. The molecule has 2 unspecified atom stereocenters. The maximum atomic E-state index is 11.9. The Morgan fingerprint density at radius 3 is 2.60 bits per heavy atom. The smallest absolute Gasteiger partial charge is 0.222 e. The monoisotopic (exact) mass is 284 g/mol. The molecule has 1 rings (SSSR count). The maximum absolute atomic E-state index is 11.9. The molecule has 0 aromatic heterocycles. The van der Waals surface area contributed by atoms with Crippen LogP contribution in [0.4, 0.5) is 0 Å². The molecule has 0 bridgehead atoms. The number of ether oxygens (including phenoxy) is 1. The average molecular weight is 284 g/mol. The molecule has 2 atom stereocenters. The number of likely N-dealkylation sites (tertiary alicyclic amines) is 1. The van der Waals surface area contributed by atoms with Crippen molar-refractivity contribution in [2.45, 2.75) is 46.6 Å². The fourth-order valence-corrected chi connectivity index (χ4v) is 2.65. The summed E-state index contributed by atoms with van der Waals surface area (Å²) in [6.07, 6.45) is 2.41. The number of nitrogens with zero attached hydrogens (tertiary/aromatic N) is 1. The first-order chi connectivity index (χ1) is 9.43. The lowest BCUT2D eigenvalue weighted by molar-refractivity contribution is -0.125. The minimum Gasteiger partial charge on any atom is -0.385 e. The van der Waals surface area contributed by atoms with Gasteiger partial charge in [0.05, 0.1) is 0 Å². The zero-order chi connectivity index (χ0) is 15.1. The minimum atomic E-state index is 0.0595. The van der Waals surface area contributed by atoms with Gasteiger partial charge < -0.3 is 15.0 Å². The van der Waals surface area contributed by atoms with E-state index >= 15 is 0 Å². The predicted molar refractivity (Wildman–Crippen MR) is 82.6 cm³/mol. The Kier molecular flexibility index (Phi) is 7.52. The van der Waals surface area contributed by atoms with Crippen LogP contribution in [0.25, 0.3) is 0 Å². The van der Waals surface area contributed by atoms with Crippen LogP contribution in [0.5, 0.6) is 0 Å². The first-order valence-electron chi connectivity index (χ1n) is 7.95. The van der Waals surface area contributed by atoms with Crippen molar-refractivity contribution in [1.82, 2.24) is 10.2 Å². The van der Waals surface area contributed by atoms with Gasteiger partial charge in [-0.1, -0.05) is 27.7 Å². The molecule has 4 nitrogen and oxygen atoms in total. The third-order valence-corrected chi connectivity index (χ3v) is 4.21. The molecule has 0 aliphatic carbocycles. The van der Waals surface area contributed by atoms with Gasteiger partial charge in [0.25, 0.3) is 0 Å². The van der Waals surface area contributed by atoms with Crippen LogP contribution in [0.3, 0.4) is 0 Å². The average Bonchev–Trinajstić information content (AvgIpc) is 2.82. The van der Waals surface area contributed by atoms with Gasteiger partial charge in [0.15, 0.2) is 0 Å². The third-order valence-electron chi connectivity index (χ3n) is 4.21. The van der Waals surface area contributed by atoms with Crippen LogP contribution in [-0.2, 0) is 9.53 Å². The number of methoxy groups -OCH3 is 1. The van der Waals surface area contributed by atoms with Crippen molar-refractivity contribution < 1.29 is 9.53 Å². The van der Waals surface area contributed by atoms with Crippen molar-refractivity contribution in [3.8, 4) is 0 Å². The zero-order valence-corrected chi connectivity index (χ0v) is 13.8. The molecule has 1 aliphatic heterocycles. The largest absolute Gasteiger partial charge is 0.385 e. The van der Waals surface area contributed by atoms with E-state index in [1.807, 2.05) is 13.8 Å². The second-order valence-corrected chi connectivity index (χ2v) is 6.71. The quantitative estimate of drug-likeness (QED) is 0.742. The van der Waals surface area contributed by atoms with E-state index in [9.17, 15) is 4.79 Å². The molecule has 20 heavy (non-hydrogen) atoms. The molecule has 1 saturated heterocycles. The van der Waals surface area contributed by atoms with Crippen molar-refractivity contribution in [2.75, 3.05) is 33.4 Å². The SMILES string of the molecule is COCCC1CCN(CC(NC(=O)C(C)C)C(C)C)C1.